The molecule has 0 aliphatic heterocycles. The summed E-state index contributed by atoms with van der Waals surface area (Å²) in [4.78, 5) is 29.9. The number of ketones is 1. The van der Waals surface area contributed by atoms with Crippen LogP contribution >= 0.6 is 23.1 Å². The Bertz CT molecular complexity index is 710. The van der Waals surface area contributed by atoms with Gasteiger partial charge in [-0.05, 0) is 43.2 Å². The summed E-state index contributed by atoms with van der Waals surface area (Å²) in [5, 5.41) is 3.61. The Morgan fingerprint density at radius 3 is 2.82 bits per heavy atom. The zero-order chi connectivity index (χ0) is 15.5. The third kappa shape index (κ3) is 2.94. The number of anilines is 1. The van der Waals surface area contributed by atoms with Crippen LogP contribution in [0.15, 0.2) is 24.5 Å². The molecule has 0 bridgehead atoms. The smallest absolute Gasteiger partial charge is 0.234 e. The largest absolute Gasteiger partial charge is 0.316 e. The van der Waals surface area contributed by atoms with Crippen LogP contribution in [0.25, 0.3) is 0 Å². The Morgan fingerprint density at radius 1 is 1.32 bits per heavy atom. The summed E-state index contributed by atoms with van der Waals surface area (Å²) in [6.07, 6.45) is 8.11. The van der Waals surface area contributed by atoms with Crippen LogP contribution in [0.1, 0.15) is 32.8 Å². The Morgan fingerprint density at radius 2 is 2.09 bits per heavy atom. The van der Waals surface area contributed by atoms with Crippen LogP contribution in [0.3, 0.4) is 0 Å². The third-order valence-corrected chi connectivity index (χ3v) is 5.38. The first-order valence-corrected chi connectivity index (χ1v) is 9.29. The molecule has 0 atom stereocenters. The van der Waals surface area contributed by atoms with Gasteiger partial charge in [0.1, 0.15) is 5.00 Å². The minimum atomic E-state index is -0.0591. The normalized spacial score (nSPS) is 13.0. The first kappa shape index (κ1) is 15.2. The molecule has 3 rings (SSSR count). The van der Waals surface area contributed by atoms with Crippen molar-refractivity contribution in [2.24, 2.45) is 0 Å². The summed E-state index contributed by atoms with van der Waals surface area (Å²) < 4.78 is 0. The maximum Gasteiger partial charge on any atom is 0.234 e. The number of hydrogen-bond donors (Lipinski definition) is 1. The number of amides is 1. The van der Waals surface area contributed by atoms with Crippen LogP contribution in [0.2, 0.25) is 0 Å². The highest BCUT2D eigenvalue weighted by Gasteiger charge is 2.27. The molecule has 1 amide bonds. The summed E-state index contributed by atoms with van der Waals surface area (Å²) in [5.41, 5.74) is 2.41. The molecule has 0 fully saturated rings. The van der Waals surface area contributed by atoms with E-state index in [1.54, 1.807) is 35.9 Å². The van der Waals surface area contributed by atoms with Crippen molar-refractivity contribution in [3.63, 3.8) is 0 Å². The molecule has 2 aromatic rings. The van der Waals surface area contributed by atoms with Crippen LogP contribution in [-0.2, 0) is 17.6 Å². The van der Waals surface area contributed by atoms with Crippen LogP contribution < -0.4 is 5.32 Å². The molecule has 22 heavy (non-hydrogen) atoms. The molecule has 0 unspecified atom stereocenters. The van der Waals surface area contributed by atoms with E-state index < -0.39 is 0 Å². The maximum absolute atomic E-state index is 12.8. The minimum Gasteiger partial charge on any atom is -0.316 e. The van der Waals surface area contributed by atoms with E-state index in [2.05, 4.69) is 10.3 Å². The van der Waals surface area contributed by atoms with Crippen LogP contribution in [0, 0.1) is 0 Å². The number of nitrogens with one attached hydrogen (secondary N) is 1. The highest BCUT2D eigenvalue weighted by Crippen LogP contribution is 2.40. The molecule has 0 spiro atoms. The second kappa shape index (κ2) is 6.62. The van der Waals surface area contributed by atoms with Gasteiger partial charge in [0.2, 0.25) is 5.91 Å². The average Bonchev–Trinajstić information content (AvgIpc) is 3.08. The number of thiophene rings is 1. The number of aryl methyl sites for hydroxylation is 1. The number of hydrogen-bond acceptors (Lipinski definition) is 5. The summed E-state index contributed by atoms with van der Waals surface area (Å²) in [6, 6.07) is 3.43. The van der Waals surface area contributed by atoms with Crippen molar-refractivity contribution in [1.82, 2.24) is 4.98 Å². The quantitative estimate of drug-likeness (QED) is 0.855. The lowest BCUT2D eigenvalue weighted by Crippen LogP contribution is -2.16. The predicted octanol–water partition coefficient (Wildman–Crippen LogP) is 3.16. The number of aromatic nitrogens is 1. The van der Waals surface area contributed by atoms with Gasteiger partial charge in [0.15, 0.2) is 5.78 Å². The molecule has 2 heterocycles. The first-order chi connectivity index (χ1) is 10.7. The van der Waals surface area contributed by atoms with Crippen molar-refractivity contribution < 1.29 is 9.59 Å². The maximum atomic E-state index is 12.8. The average molecular weight is 332 g/mol. The Hall–Kier alpha value is -1.66. The van der Waals surface area contributed by atoms with Gasteiger partial charge in [-0.3, -0.25) is 14.6 Å². The number of carbonyl (C=O) groups excluding carboxylic acids is 2. The number of pyridine rings is 1. The second-order valence-corrected chi connectivity index (χ2v) is 7.08. The second-order valence-electron chi connectivity index (χ2n) is 5.11. The lowest BCUT2D eigenvalue weighted by atomic mass is 10.0. The van der Waals surface area contributed by atoms with Gasteiger partial charge in [-0.2, -0.15) is 11.8 Å². The molecule has 2 aromatic heterocycles. The van der Waals surface area contributed by atoms with E-state index >= 15 is 0 Å². The van der Waals surface area contributed by atoms with E-state index in [1.807, 2.05) is 6.26 Å². The van der Waals surface area contributed by atoms with Crippen LogP contribution in [-0.4, -0.2) is 28.7 Å². The highest BCUT2D eigenvalue weighted by molar-refractivity contribution is 7.99. The number of fused-ring (bicyclic) bond motifs is 1. The fraction of sp³-hybridized carbons (Fsp3) is 0.312. The van der Waals surface area contributed by atoms with E-state index in [9.17, 15) is 9.59 Å². The Balaban J connectivity index is 1.98. The van der Waals surface area contributed by atoms with Gasteiger partial charge >= 0.3 is 0 Å². The summed E-state index contributed by atoms with van der Waals surface area (Å²) in [7, 11) is 0. The first-order valence-electron chi connectivity index (χ1n) is 7.08. The lowest BCUT2D eigenvalue weighted by molar-refractivity contribution is -0.113. The van der Waals surface area contributed by atoms with Gasteiger partial charge in [0, 0.05) is 22.8 Å². The van der Waals surface area contributed by atoms with E-state index in [0.29, 0.717) is 21.9 Å². The number of carbonyl (C=O) groups is 2. The Labute approximate surface area is 137 Å². The standard InChI is InChI=1S/C16H16N2O2S2/c1-21-9-13(19)18-16-14(11-3-2-4-12(11)22-16)15(20)10-5-7-17-8-6-10/h5-8H,2-4,9H2,1H3,(H,18,19). The molecule has 0 radical (unpaired) electrons. The molecule has 4 nitrogen and oxygen atoms in total. The Kier molecular flexibility index (Phi) is 4.59. The van der Waals surface area contributed by atoms with Gasteiger partial charge in [0.25, 0.3) is 0 Å². The molecule has 1 aliphatic rings. The third-order valence-electron chi connectivity index (χ3n) is 3.62. The zero-order valence-corrected chi connectivity index (χ0v) is 13.9. The monoisotopic (exact) mass is 332 g/mol. The molecule has 0 saturated carbocycles. The summed E-state index contributed by atoms with van der Waals surface area (Å²) >= 11 is 3.02. The fourth-order valence-corrected chi connectivity index (χ4v) is 4.31. The number of nitrogens with zero attached hydrogens (tertiary/aromatic N) is 1. The highest BCUT2D eigenvalue weighted by atomic mass is 32.2. The molecule has 0 aromatic carbocycles. The molecule has 114 valence electrons. The fourth-order valence-electron chi connectivity index (χ4n) is 2.67. The molecule has 0 saturated heterocycles. The SMILES string of the molecule is CSCC(=O)Nc1sc2c(c1C(=O)c1ccncc1)CCC2. The summed E-state index contributed by atoms with van der Waals surface area (Å²) in [6.45, 7) is 0. The van der Waals surface area contributed by atoms with Crippen molar-refractivity contribution in [1.29, 1.82) is 0 Å². The van der Waals surface area contributed by atoms with E-state index in [-0.39, 0.29) is 11.7 Å². The van der Waals surface area contributed by atoms with Crippen molar-refractivity contribution in [3.8, 4) is 0 Å². The molecule has 1 aliphatic carbocycles. The van der Waals surface area contributed by atoms with Crippen molar-refractivity contribution >= 4 is 39.8 Å². The van der Waals surface area contributed by atoms with Crippen LogP contribution in [0.5, 0.6) is 0 Å². The molecule has 6 heteroatoms. The van der Waals surface area contributed by atoms with E-state index in [1.165, 1.54) is 16.6 Å². The van der Waals surface area contributed by atoms with Crippen molar-refractivity contribution in [2.75, 3.05) is 17.3 Å². The van der Waals surface area contributed by atoms with Gasteiger partial charge < -0.3 is 5.32 Å². The number of rotatable bonds is 5. The van der Waals surface area contributed by atoms with Crippen molar-refractivity contribution in [3.05, 3.63) is 46.1 Å². The van der Waals surface area contributed by atoms with Gasteiger partial charge in [-0.1, -0.05) is 0 Å². The predicted molar refractivity (Wildman–Crippen MR) is 91.0 cm³/mol. The van der Waals surface area contributed by atoms with Gasteiger partial charge in [-0.15, -0.1) is 11.3 Å². The molecule has 1 N–H and O–H groups in total. The number of thioether (sulfide) groups is 1. The van der Waals surface area contributed by atoms with Crippen LogP contribution in [0.4, 0.5) is 5.00 Å². The van der Waals surface area contributed by atoms with Crippen molar-refractivity contribution in [2.45, 2.75) is 19.3 Å². The van der Waals surface area contributed by atoms with E-state index in [0.717, 1.165) is 24.8 Å². The molecular weight excluding hydrogens is 316 g/mol. The van der Waals surface area contributed by atoms with Gasteiger partial charge in [-0.25, -0.2) is 0 Å². The lowest BCUT2D eigenvalue weighted by Gasteiger charge is -2.07. The zero-order valence-electron chi connectivity index (χ0n) is 12.2. The minimum absolute atomic E-state index is 0.0266. The van der Waals surface area contributed by atoms with Gasteiger partial charge in [0.05, 0.1) is 11.3 Å². The topological polar surface area (TPSA) is 59.1 Å². The summed E-state index contributed by atoms with van der Waals surface area (Å²) in [5.74, 6) is 0.309. The molecular formula is C16H16N2O2S2. The van der Waals surface area contributed by atoms with E-state index in [4.69, 9.17) is 0 Å².